The highest BCUT2D eigenvalue weighted by molar-refractivity contribution is 7.90. The van der Waals surface area contributed by atoms with E-state index in [-0.39, 0.29) is 5.75 Å². The van der Waals surface area contributed by atoms with E-state index >= 15 is 0 Å². The first-order chi connectivity index (χ1) is 9.74. The van der Waals surface area contributed by atoms with Crippen molar-refractivity contribution in [1.82, 2.24) is 15.2 Å². The van der Waals surface area contributed by atoms with Crippen molar-refractivity contribution in [3.05, 3.63) is 27.8 Å². The predicted molar refractivity (Wildman–Crippen MR) is 85.4 cm³/mol. The number of hydrogen-bond acceptors (Lipinski definition) is 6. The molecule has 0 radical (unpaired) electrons. The molecule has 2 aromatic rings. The van der Waals surface area contributed by atoms with Crippen molar-refractivity contribution >= 4 is 27.0 Å². The minimum atomic E-state index is -3.03. The number of nitrogens with zero attached hydrogens (tertiary/aromatic N) is 3. The van der Waals surface area contributed by atoms with Gasteiger partial charge in [0.25, 0.3) is 0 Å². The van der Waals surface area contributed by atoms with Crippen molar-refractivity contribution in [3.8, 4) is 0 Å². The third-order valence-electron chi connectivity index (χ3n) is 2.98. The molecule has 0 spiro atoms. The highest BCUT2D eigenvalue weighted by atomic mass is 32.2. The van der Waals surface area contributed by atoms with Gasteiger partial charge < -0.3 is 4.90 Å². The summed E-state index contributed by atoms with van der Waals surface area (Å²) in [5, 5.41) is 9.83. The Kier molecular flexibility index (Phi) is 4.67. The minimum Gasteiger partial charge on any atom is -0.352 e. The monoisotopic (exact) mass is 328 g/mol. The summed E-state index contributed by atoms with van der Waals surface area (Å²) in [6.45, 7) is 4.81. The lowest BCUT2D eigenvalue weighted by atomic mass is 10.1. The molecule has 0 aliphatic heterocycles. The molecule has 0 saturated heterocycles. The van der Waals surface area contributed by atoms with Gasteiger partial charge in [0.15, 0.2) is 15.7 Å². The minimum absolute atomic E-state index is 0.00127. The Labute approximate surface area is 129 Å². The van der Waals surface area contributed by atoms with Crippen molar-refractivity contribution in [3.63, 3.8) is 0 Å². The van der Waals surface area contributed by atoms with Gasteiger partial charge >= 0.3 is 0 Å². The summed E-state index contributed by atoms with van der Waals surface area (Å²) in [6, 6.07) is 2.02. The first kappa shape index (κ1) is 16.0. The Balaban J connectivity index is 2.03. The fourth-order valence-corrected chi connectivity index (χ4v) is 3.85. The molecule has 8 heteroatoms. The Morgan fingerprint density at radius 2 is 2.14 bits per heavy atom. The van der Waals surface area contributed by atoms with Crippen LogP contribution in [-0.2, 0) is 22.1 Å². The first-order valence-electron chi connectivity index (χ1n) is 6.62. The van der Waals surface area contributed by atoms with Crippen molar-refractivity contribution < 1.29 is 8.42 Å². The van der Waals surface area contributed by atoms with E-state index in [1.54, 1.807) is 0 Å². The Morgan fingerprint density at radius 1 is 1.43 bits per heavy atom. The molecule has 2 heterocycles. The lowest BCUT2D eigenvalue weighted by Gasteiger charge is -2.13. The van der Waals surface area contributed by atoms with Crippen LogP contribution < -0.4 is 4.90 Å². The molecule has 21 heavy (non-hydrogen) atoms. The van der Waals surface area contributed by atoms with E-state index in [1.807, 2.05) is 23.4 Å². The lowest BCUT2D eigenvalue weighted by molar-refractivity contribution is 0.601. The van der Waals surface area contributed by atoms with E-state index in [1.165, 1.54) is 17.6 Å². The maximum atomic E-state index is 11.3. The van der Waals surface area contributed by atoms with Crippen LogP contribution in [0.25, 0.3) is 0 Å². The van der Waals surface area contributed by atoms with E-state index in [2.05, 4.69) is 29.0 Å². The second-order valence-electron chi connectivity index (χ2n) is 5.49. The number of thiazole rings is 1. The molecule has 1 N–H and O–H groups in total. The molecule has 0 aliphatic rings. The summed E-state index contributed by atoms with van der Waals surface area (Å²) in [5.74, 6) is 1.26. The fraction of sp³-hybridized carbons (Fsp3) is 0.538. The summed E-state index contributed by atoms with van der Waals surface area (Å²) in [7, 11) is -1.09. The molecular formula is C13H20N4O2S2. The smallest absolute Gasteiger partial charge is 0.153 e. The zero-order valence-electron chi connectivity index (χ0n) is 12.6. The second-order valence-corrected chi connectivity index (χ2v) is 8.58. The van der Waals surface area contributed by atoms with Gasteiger partial charge in [-0.15, -0.1) is 11.3 Å². The maximum Gasteiger partial charge on any atom is 0.153 e. The fourth-order valence-electron chi connectivity index (χ4n) is 1.85. The topological polar surface area (TPSA) is 79.0 Å². The number of nitrogens with one attached hydrogen (secondary N) is 1. The molecule has 0 fully saturated rings. The quantitative estimate of drug-likeness (QED) is 0.879. The average Bonchev–Trinajstić information content (AvgIpc) is 2.96. The number of sulfone groups is 1. The molecule has 116 valence electrons. The molecule has 0 saturated carbocycles. The van der Waals surface area contributed by atoms with Crippen molar-refractivity contribution in [1.29, 1.82) is 0 Å². The van der Waals surface area contributed by atoms with E-state index in [4.69, 9.17) is 0 Å². The van der Waals surface area contributed by atoms with Crippen LogP contribution in [0, 0.1) is 0 Å². The van der Waals surface area contributed by atoms with Gasteiger partial charge in [0.2, 0.25) is 0 Å². The van der Waals surface area contributed by atoms with Crippen molar-refractivity contribution in [2.24, 2.45) is 0 Å². The predicted octanol–water partition coefficient (Wildman–Crippen LogP) is 2.17. The molecule has 0 bridgehead atoms. The van der Waals surface area contributed by atoms with Crippen LogP contribution in [0.4, 0.5) is 5.82 Å². The summed E-state index contributed by atoms with van der Waals surface area (Å²) in [4.78, 5) is 6.35. The van der Waals surface area contributed by atoms with Crippen LogP contribution in [0.3, 0.4) is 0 Å². The summed E-state index contributed by atoms with van der Waals surface area (Å²) >= 11 is 1.38. The van der Waals surface area contributed by atoms with Gasteiger partial charge in [-0.2, -0.15) is 5.10 Å². The molecule has 0 atom stereocenters. The van der Waals surface area contributed by atoms with Crippen LogP contribution >= 0.6 is 11.3 Å². The number of aromatic amines is 1. The van der Waals surface area contributed by atoms with Gasteiger partial charge in [0.05, 0.1) is 12.2 Å². The number of hydrogen-bond donors (Lipinski definition) is 1. The van der Waals surface area contributed by atoms with Crippen LogP contribution in [0.15, 0.2) is 11.4 Å². The number of H-pyrrole nitrogens is 1. The largest absolute Gasteiger partial charge is 0.352 e. The number of rotatable bonds is 6. The van der Waals surface area contributed by atoms with Gasteiger partial charge in [-0.25, -0.2) is 13.4 Å². The van der Waals surface area contributed by atoms with Gasteiger partial charge in [-0.1, -0.05) is 13.8 Å². The third kappa shape index (κ3) is 4.53. The first-order valence-corrected chi connectivity index (χ1v) is 9.56. The van der Waals surface area contributed by atoms with Gasteiger partial charge in [-0.05, 0) is 5.92 Å². The highest BCUT2D eigenvalue weighted by Gasteiger charge is 2.13. The van der Waals surface area contributed by atoms with Crippen LogP contribution in [0.1, 0.15) is 36.2 Å². The van der Waals surface area contributed by atoms with E-state index in [0.717, 1.165) is 17.2 Å². The SMILES string of the molecule is CC(C)c1cc(N(C)Cc2csc(CS(C)(=O)=O)n2)n[nH]1. The van der Waals surface area contributed by atoms with E-state index in [0.29, 0.717) is 17.5 Å². The zero-order chi connectivity index (χ0) is 15.6. The zero-order valence-corrected chi connectivity index (χ0v) is 14.3. The highest BCUT2D eigenvalue weighted by Crippen LogP contribution is 2.20. The molecular weight excluding hydrogens is 308 g/mol. The second kappa shape index (κ2) is 6.15. The third-order valence-corrected chi connectivity index (χ3v) is 4.86. The Morgan fingerprint density at radius 3 is 2.71 bits per heavy atom. The van der Waals surface area contributed by atoms with Crippen LogP contribution in [0.2, 0.25) is 0 Å². The molecule has 2 rings (SSSR count). The van der Waals surface area contributed by atoms with E-state index < -0.39 is 9.84 Å². The van der Waals surface area contributed by atoms with Gasteiger partial charge in [0, 0.05) is 30.4 Å². The summed E-state index contributed by atoms with van der Waals surface area (Å²) in [6.07, 6.45) is 1.22. The standard InChI is InChI=1S/C13H20N4O2S2/c1-9(2)11-5-12(16-15-11)17(3)6-10-7-20-13(14-10)8-21(4,18)19/h5,7,9H,6,8H2,1-4H3,(H,15,16). The van der Waals surface area contributed by atoms with Crippen molar-refractivity contribution in [2.45, 2.75) is 32.1 Å². The number of anilines is 1. The Bertz CT molecular complexity index is 703. The molecule has 0 aromatic carbocycles. The lowest BCUT2D eigenvalue weighted by Crippen LogP contribution is -2.17. The van der Waals surface area contributed by atoms with Crippen LogP contribution in [-0.4, -0.2) is 36.9 Å². The van der Waals surface area contributed by atoms with Gasteiger partial charge in [-0.3, -0.25) is 5.10 Å². The summed E-state index contributed by atoms with van der Waals surface area (Å²) < 4.78 is 22.5. The maximum absolute atomic E-state index is 11.3. The molecule has 2 aromatic heterocycles. The molecule has 6 nitrogen and oxygen atoms in total. The van der Waals surface area contributed by atoms with Gasteiger partial charge in [0.1, 0.15) is 10.8 Å². The molecule has 0 amide bonds. The summed E-state index contributed by atoms with van der Waals surface area (Å²) in [5.41, 5.74) is 1.95. The number of aromatic nitrogens is 3. The van der Waals surface area contributed by atoms with E-state index in [9.17, 15) is 8.42 Å². The molecule has 0 aliphatic carbocycles. The average molecular weight is 328 g/mol. The molecule has 0 unspecified atom stereocenters. The normalized spacial score (nSPS) is 12.0. The van der Waals surface area contributed by atoms with Crippen LogP contribution in [0.5, 0.6) is 0 Å². The van der Waals surface area contributed by atoms with Crippen molar-refractivity contribution in [2.75, 3.05) is 18.2 Å². The Hall–Kier alpha value is -1.41.